The second-order valence-corrected chi connectivity index (χ2v) is 7.32. The molecule has 2 heterocycles. The Morgan fingerprint density at radius 2 is 2.04 bits per heavy atom. The second-order valence-electron chi connectivity index (χ2n) is 6.51. The smallest absolute Gasteiger partial charge is 0.329 e. The number of hydrogen-bond acceptors (Lipinski definition) is 4. The molecule has 1 aromatic carbocycles. The van der Waals surface area contributed by atoms with Crippen LogP contribution < -0.4 is 15.5 Å². The molecule has 2 saturated heterocycles. The maximum absolute atomic E-state index is 12.6. The Labute approximate surface area is 161 Å². The van der Waals surface area contributed by atoms with Gasteiger partial charge in [-0.2, -0.15) is 0 Å². The van der Waals surface area contributed by atoms with E-state index >= 15 is 0 Å². The van der Waals surface area contributed by atoms with Gasteiger partial charge in [0.2, 0.25) is 5.91 Å². The molecule has 26 heavy (non-hydrogen) atoms. The zero-order valence-corrected chi connectivity index (χ0v) is 15.8. The zero-order valence-electron chi connectivity index (χ0n) is 14.3. The number of nitrogens with one attached hydrogen (secondary N) is 2. The van der Waals surface area contributed by atoms with Crippen molar-refractivity contribution in [1.29, 1.82) is 0 Å². The molecule has 0 aromatic heterocycles. The number of piperazine rings is 1. The van der Waals surface area contributed by atoms with Crippen molar-refractivity contribution < 1.29 is 14.4 Å². The molecular formula is C17H20Cl2N4O3. The molecule has 0 aliphatic carbocycles. The van der Waals surface area contributed by atoms with Crippen LogP contribution in [-0.2, 0) is 9.59 Å². The molecule has 9 heteroatoms. The van der Waals surface area contributed by atoms with E-state index in [-0.39, 0.29) is 29.8 Å². The average Bonchev–Trinajstić information content (AvgIpc) is 2.89. The van der Waals surface area contributed by atoms with Crippen molar-refractivity contribution in [2.45, 2.75) is 31.8 Å². The Morgan fingerprint density at radius 3 is 2.73 bits per heavy atom. The van der Waals surface area contributed by atoms with Gasteiger partial charge in [-0.25, -0.2) is 9.69 Å². The van der Waals surface area contributed by atoms with Gasteiger partial charge >= 0.3 is 6.03 Å². The molecule has 140 valence electrons. The molecule has 1 aromatic rings. The van der Waals surface area contributed by atoms with Crippen LogP contribution in [0, 0.1) is 0 Å². The number of benzene rings is 1. The van der Waals surface area contributed by atoms with Crippen LogP contribution in [0.1, 0.15) is 19.8 Å². The van der Waals surface area contributed by atoms with Crippen molar-refractivity contribution in [2.24, 2.45) is 0 Å². The number of carbonyl (C=O) groups is 3. The first-order valence-corrected chi connectivity index (χ1v) is 9.23. The van der Waals surface area contributed by atoms with E-state index in [0.717, 1.165) is 11.4 Å². The molecule has 0 saturated carbocycles. The van der Waals surface area contributed by atoms with Gasteiger partial charge in [0.15, 0.2) is 0 Å². The standard InChI is InChI=1S/C17H20Cl2N4O3/c1-10-9-22(7-6-20-10)15(24)5-4-14-16(25)23(17(26)21-14)11-2-3-12(18)13(19)8-11/h2-3,8,10,14,20H,4-7,9H2,1H3,(H,21,26)/t10-,14+/m0/s1. The fourth-order valence-corrected chi connectivity index (χ4v) is 3.47. The molecule has 0 radical (unpaired) electrons. The number of carbonyl (C=O) groups excluding carboxylic acids is 3. The number of nitrogens with zero attached hydrogens (tertiary/aromatic N) is 2. The summed E-state index contributed by atoms with van der Waals surface area (Å²) in [5, 5.41) is 6.51. The predicted octanol–water partition coefficient (Wildman–Crippen LogP) is 2.02. The van der Waals surface area contributed by atoms with Crippen LogP contribution in [0.5, 0.6) is 0 Å². The summed E-state index contributed by atoms with van der Waals surface area (Å²) in [6, 6.07) is 3.56. The van der Waals surface area contributed by atoms with Gasteiger partial charge in [0.1, 0.15) is 6.04 Å². The Kier molecular flexibility index (Phi) is 5.70. The number of rotatable bonds is 4. The van der Waals surface area contributed by atoms with Gasteiger partial charge in [0.05, 0.1) is 15.7 Å². The molecule has 2 N–H and O–H groups in total. The molecule has 2 atom stereocenters. The summed E-state index contributed by atoms with van der Waals surface area (Å²) >= 11 is 11.8. The van der Waals surface area contributed by atoms with Crippen LogP contribution in [0.2, 0.25) is 10.0 Å². The average molecular weight is 399 g/mol. The lowest BCUT2D eigenvalue weighted by Gasteiger charge is -2.32. The lowest BCUT2D eigenvalue weighted by Crippen LogP contribution is -2.51. The third kappa shape index (κ3) is 3.95. The Hall–Kier alpha value is -1.83. The fraction of sp³-hybridized carbons (Fsp3) is 0.471. The topological polar surface area (TPSA) is 81.8 Å². The van der Waals surface area contributed by atoms with E-state index < -0.39 is 18.0 Å². The van der Waals surface area contributed by atoms with Crippen LogP contribution in [0.3, 0.4) is 0 Å². The largest absolute Gasteiger partial charge is 0.340 e. The monoisotopic (exact) mass is 398 g/mol. The number of anilines is 1. The second kappa shape index (κ2) is 7.82. The van der Waals surface area contributed by atoms with Crippen LogP contribution in [0.15, 0.2) is 18.2 Å². The van der Waals surface area contributed by atoms with Crippen molar-refractivity contribution >= 4 is 46.7 Å². The lowest BCUT2D eigenvalue weighted by atomic mass is 10.1. The van der Waals surface area contributed by atoms with E-state index in [2.05, 4.69) is 10.6 Å². The minimum absolute atomic E-state index is 0.00612. The highest BCUT2D eigenvalue weighted by molar-refractivity contribution is 6.42. The lowest BCUT2D eigenvalue weighted by molar-refractivity contribution is -0.132. The van der Waals surface area contributed by atoms with Crippen LogP contribution in [0.25, 0.3) is 0 Å². The van der Waals surface area contributed by atoms with Crippen LogP contribution in [-0.4, -0.2) is 54.5 Å². The maximum atomic E-state index is 12.6. The molecule has 2 aliphatic heterocycles. The molecule has 7 nitrogen and oxygen atoms in total. The number of urea groups is 1. The third-order valence-corrected chi connectivity index (χ3v) is 5.29. The highest BCUT2D eigenvalue weighted by Crippen LogP contribution is 2.29. The SMILES string of the molecule is C[C@H]1CN(C(=O)CC[C@H]2NC(=O)N(c3ccc(Cl)c(Cl)c3)C2=O)CCN1. The van der Waals surface area contributed by atoms with Gasteiger partial charge in [-0.1, -0.05) is 23.2 Å². The van der Waals surface area contributed by atoms with E-state index in [1.807, 2.05) is 6.92 Å². The Balaban J connectivity index is 1.61. The summed E-state index contributed by atoms with van der Waals surface area (Å²) in [5.41, 5.74) is 0.353. The van der Waals surface area contributed by atoms with E-state index in [9.17, 15) is 14.4 Å². The fourth-order valence-electron chi connectivity index (χ4n) is 3.18. The number of imide groups is 1. The number of hydrogen-bond donors (Lipinski definition) is 2. The van der Waals surface area contributed by atoms with E-state index in [1.54, 1.807) is 11.0 Å². The molecule has 0 bridgehead atoms. The summed E-state index contributed by atoms with van der Waals surface area (Å²) in [6.45, 7) is 4.09. The van der Waals surface area contributed by atoms with Crippen LogP contribution >= 0.6 is 23.2 Å². The van der Waals surface area contributed by atoms with Crippen molar-refractivity contribution in [3.05, 3.63) is 28.2 Å². The summed E-state index contributed by atoms with van der Waals surface area (Å²) in [7, 11) is 0. The first kappa shape index (κ1) is 18.9. The zero-order chi connectivity index (χ0) is 18.8. The van der Waals surface area contributed by atoms with E-state index in [4.69, 9.17) is 23.2 Å². The van der Waals surface area contributed by atoms with Gasteiger partial charge in [-0.05, 0) is 31.5 Å². The van der Waals surface area contributed by atoms with Crippen molar-refractivity contribution in [3.8, 4) is 0 Å². The molecule has 0 spiro atoms. The molecular weight excluding hydrogens is 379 g/mol. The maximum Gasteiger partial charge on any atom is 0.329 e. The molecule has 4 amide bonds. The number of halogens is 2. The van der Waals surface area contributed by atoms with Crippen molar-refractivity contribution in [3.63, 3.8) is 0 Å². The highest BCUT2D eigenvalue weighted by Gasteiger charge is 2.39. The highest BCUT2D eigenvalue weighted by atomic mass is 35.5. The molecule has 0 unspecified atom stereocenters. The van der Waals surface area contributed by atoms with Crippen molar-refractivity contribution in [1.82, 2.24) is 15.5 Å². The van der Waals surface area contributed by atoms with Crippen molar-refractivity contribution in [2.75, 3.05) is 24.5 Å². The Morgan fingerprint density at radius 1 is 1.27 bits per heavy atom. The molecule has 2 aliphatic rings. The van der Waals surface area contributed by atoms with Gasteiger partial charge < -0.3 is 15.5 Å². The van der Waals surface area contributed by atoms with Gasteiger partial charge in [0.25, 0.3) is 5.91 Å². The third-order valence-electron chi connectivity index (χ3n) is 4.55. The van der Waals surface area contributed by atoms with E-state index in [0.29, 0.717) is 23.8 Å². The first-order valence-electron chi connectivity index (χ1n) is 8.47. The predicted molar refractivity (Wildman–Crippen MR) is 99.5 cm³/mol. The summed E-state index contributed by atoms with van der Waals surface area (Å²) < 4.78 is 0. The van der Waals surface area contributed by atoms with E-state index in [1.165, 1.54) is 12.1 Å². The quantitative estimate of drug-likeness (QED) is 0.760. The summed E-state index contributed by atoms with van der Waals surface area (Å²) in [6.07, 6.45) is 0.470. The Bertz CT molecular complexity index is 743. The summed E-state index contributed by atoms with van der Waals surface area (Å²) in [5.74, 6) is -0.400. The minimum Gasteiger partial charge on any atom is -0.340 e. The minimum atomic E-state index is -0.721. The van der Waals surface area contributed by atoms with Crippen LogP contribution in [0.4, 0.5) is 10.5 Å². The van der Waals surface area contributed by atoms with Gasteiger partial charge in [0, 0.05) is 32.1 Å². The molecule has 3 rings (SSSR count). The van der Waals surface area contributed by atoms with Gasteiger partial charge in [-0.3, -0.25) is 9.59 Å². The van der Waals surface area contributed by atoms with Gasteiger partial charge in [-0.15, -0.1) is 0 Å². The first-order chi connectivity index (χ1) is 12.4. The number of amides is 4. The molecule has 2 fully saturated rings. The normalized spacial score (nSPS) is 23.3. The summed E-state index contributed by atoms with van der Waals surface area (Å²) in [4.78, 5) is 40.0.